The van der Waals surface area contributed by atoms with Crippen molar-refractivity contribution in [3.05, 3.63) is 101 Å². The highest BCUT2D eigenvalue weighted by Crippen LogP contribution is 2.39. The molecule has 7 nitrogen and oxygen atoms in total. The lowest BCUT2D eigenvalue weighted by Crippen LogP contribution is -2.43. The smallest absolute Gasteiger partial charge is 0.276 e. The fraction of sp³-hybridized carbons (Fsp3) is 0.367. The van der Waals surface area contributed by atoms with Crippen LogP contribution in [-0.2, 0) is 20.9 Å². The number of aliphatic hydroxyl groups is 2. The maximum absolute atomic E-state index is 12.2. The van der Waals surface area contributed by atoms with Crippen molar-refractivity contribution >= 4 is 46.4 Å². The number of carbonyl (C=O) groups is 1. The number of benzene rings is 3. The van der Waals surface area contributed by atoms with E-state index in [1.807, 2.05) is 74.6 Å². The minimum Gasteiger partial charge on any atom is -0.392 e. The minimum absolute atomic E-state index is 0.0424. The summed E-state index contributed by atoms with van der Waals surface area (Å²) in [6, 6.07) is 24.0. The summed E-state index contributed by atoms with van der Waals surface area (Å²) in [5.41, 5.74) is 3.73. The molecule has 1 aliphatic heterocycles. The Labute approximate surface area is 249 Å². The van der Waals surface area contributed by atoms with Crippen LogP contribution in [0.25, 0.3) is 0 Å². The van der Waals surface area contributed by atoms with E-state index >= 15 is 0 Å². The quantitative estimate of drug-likeness (QED) is 0.255. The topological polar surface area (TPSA) is 91.3 Å². The summed E-state index contributed by atoms with van der Waals surface area (Å²) in [5.74, 6) is -0.771. The molecule has 0 aromatic heterocycles. The zero-order chi connectivity index (χ0) is 28.9. The number of carbonyl (C=O) groups excluding carboxylic acids is 1. The van der Waals surface area contributed by atoms with Gasteiger partial charge in [0.15, 0.2) is 6.29 Å². The first-order chi connectivity index (χ1) is 19.0. The number of hydrogen-bond donors (Lipinski definition) is 3. The van der Waals surface area contributed by atoms with Gasteiger partial charge in [0.05, 0.1) is 24.9 Å². The molecule has 3 aromatic carbocycles. The number of aliphatic hydroxyl groups excluding tert-OH is 2. The molecule has 0 radical (unpaired) electrons. The molecule has 0 unspecified atom stereocenters. The third kappa shape index (κ3) is 7.96. The maximum atomic E-state index is 12.2. The number of ether oxygens (including phenoxy) is 2. The fourth-order valence-corrected chi connectivity index (χ4v) is 4.80. The van der Waals surface area contributed by atoms with Gasteiger partial charge in [-0.3, -0.25) is 9.69 Å². The summed E-state index contributed by atoms with van der Waals surface area (Å²) in [6.07, 6.45) is -1.36. The van der Waals surface area contributed by atoms with Crippen molar-refractivity contribution in [1.29, 1.82) is 0 Å². The number of alkyl halides is 3. The van der Waals surface area contributed by atoms with Crippen LogP contribution in [0.15, 0.2) is 78.9 Å². The van der Waals surface area contributed by atoms with Crippen LogP contribution in [0, 0.1) is 0 Å². The van der Waals surface area contributed by atoms with Crippen LogP contribution in [-0.4, -0.2) is 50.6 Å². The second-order valence-corrected chi connectivity index (χ2v) is 12.2. The Kier molecular flexibility index (Phi) is 10.5. The van der Waals surface area contributed by atoms with Gasteiger partial charge in [0.1, 0.15) is 0 Å². The maximum Gasteiger partial charge on any atom is 0.276 e. The number of nitrogens with zero attached hydrogens (tertiary/aromatic N) is 1. The first kappa shape index (κ1) is 30.8. The molecule has 1 heterocycles. The molecule has 214 valence electrons. The molecule has 1 aliphatic rings. The standard InChI is InChI=1S/C30H33Cl3N2O5/c1-19(27(37)22-7-4-3-5-8-22)35(2)17-25-16-26(21-13-11-20(18-36)12-14-21)40-28(39-25)23-9-6-10-24(15-23)34-29(38)30(31,32)33/h3-15,19,25-28,36-37H,16-18H2,1-2H3,(H,34,38)/t19-,25+,26-,27-,28-/m1/s1. The molecule has 3 N–H and O–H groups in total. The number of hydrogen-bond acceptors (Lipinski definition) is 6. The van der Waals surface area contributed by atoms with Crippen LogP contribution < -0.4 is 5.32 Å². The number of likely N-dealkylation sites (N-methyl/N-ethyl adjacent to an activating group) is 1. The van der Waals surface area contributed by atoms with E-state index in [0.717, 1.165) is 16.7 Å². The molecule has 3 aromatic rings. The molecule has 5 atom stereocenters. The molecule has 1 amide bonds. The van der Waals surface area contributed by atoms with Crippen LogP contribution in [0.3, 0.4) is 0 Å². The average molecular weight is 608 g/mol. The Hall–Kier alpha value is -2.20. The van der Waals surface area contributed by atoms with E-state index in [9.17, 15) is 15.0 Å². The number of rotatable bonds is 9. The minimum atomic E-state index is -2.10. The predicted molar refractivity (Wildman–Crippen MR) is 157 cm³/mol. The van der Waals surface area contributed by atoms with E-state index < -0.39 is 22.1 Å². The summed E-state index contributed by atoms with van der Waals surface area (Å²) >= 11 is 17.1. The summed E-state index contributed by atoms with van der Waals surface area (Å²) in [4.78, 5) is 14.3. The lowest BCUT2D eigenvalue weighted by molar-refractivity contribution is -0.253. The van der Waals surface area contributed by atoms with Gasteiger partial charge in [-0.1, -0.05) is 102 Å². The van der Waals surface area contributed by atoms with Crippen molar-refractivity contribution in [1.82, 2.24) is 4.90 Å². The van der Waals surface area contributed by atoms with Gasteiger partial charge in [-0.15, -0.1) is 0 Å². The van der Waals surface area contributed by atoms with Crippen LogP contribution in [0.4, 0.5) is 5.69 Å². The largest absolute Gasteiger partial charge is 0.392 e. The van der Waals surface area contributed by atoms with Gasteiger partial charge < -0.3 is 25.0 Å². The average Bonchev–Trinajstić information content (AvgIpc) is 2.96. The van der Waals surface area contributed by atoms with Crippen molar-refractivity contribution < 1.29 is 24.5 Å². The molecule has 1 fully saturated rings. The molecule has 0 aliphatic carbocycles. The SMILES string of the molecule is C[C@H]([C@@H](O)c1ccccc1)N(C)C[C@@H]1C[C@H](c2ccc(CO)cc2)O[C@H](c2cccc(NC(=O)C(Cl)(Cl)Cl)c2)O1. The number of anilines is 1. The van der Waals surface area contributed by atoms with Gasteiger partial charge in [0.25, 0.3) is 9.70 Å². The van der Waals surface area contributed by atoms with Crippen molar-refractivity contribution in [2.45, 2.75) is 54.4 Å². The molecule has 4 rings (SSSR count). The second kappa shape index (κ2) is 13.6. The van der Waals surface area contributed by atoms with Gasteiger partial charge in [0.2, 0.25) is 0 Å². The summed E-state index contributed by atoms with van der Waals surface area (Å²) < 4.78 is 10.7. The molecule has 10 heteroatoms. The fourth-order valence-electron chi connectivity index (χ4n) is 4.66. The number of halogens is 3. The van der Waals surface area contributed by atoms with Crippen molar-refractivity contribution in [3.8, 4) is 0 Å². The molecule has 1 saturated heterocycles. The van der Waals surface area contributed by atoms with Crippen LogP contribution in [0.2, 0.25) is 0 Å². The summed E-state index contributed by atoms with van der Waals surface area (Å²) in [6.45, 7) is 2.48. The highest BCUT2D eigenvalue weighted by atomic mass is 35.6. The Balaban J connectivity index is 1.55. The van der Waals surface area contributed by atoms with Crippen LogP contribution >= 0.6 is 34.8 Å². The molecular weight excluding hydrogens is 575 g/mol. The van der Waals surface area contributed by atoms with E-state index in [2.05, 4.69) is 10.2 Å². The van der Waals surface area contributed by atoms with Crippen molar-refractivity contribution in [2.75, 3.05) is 18.9 Å². The lowest BCUT2D eigenvalue weighted by atomic mass is 9.98. The molecule has 0 spiro atoms. The Morgan fingerprint density at radius 2 is 1.73 bits per heavy atom. The van der Waals surface area contributed by atoms with Gasteiger partial charge in [-0.05, 0) is 42.8 Å². The van der Waals surface area contributed by atoms with Crippen molar-refractivity contribution in [2.24, 2.45) is 0 Å². The van der Waals surface area contributed by atoms with E-state index in [1.54, 1.807) is 18.2 Å². The van der Waals surface area contributed by atoms with E-state index in [-0.39, 0.29) is 24.9 Å². The van der Waals surface area contributed by atoms with Gasteiger partial charge >= 0.3 is 0 Å². The molecule has 40 heavy (non-hydrogen) atoms. The number of amides is 1. The first-order valence-corrected chi connectivity index (χ1v) is 14.1. The zero-order valence-electron chi connectivity index (χ0n) is 22.2. The second-order valence-electron chi connectivity index (χ2n) is 9.96. The Morgan fingerprint density at radius 3 is 2.38 bits per heavy atom. The normalized spacial score (nSPS) is 21.1. The molecule has 0 saturated carbocycles. The summed E-state index contributed by atoms with van der Waals surface area (Å²) in [5, 5.41) is 23.0. The first-order valence-electron chi connectivity index (χ1n) is 13.0. The zero-order valence-corrected chi connectivity index (χ0v) is 24.5. The number of nitrogens with one attached hydrogen (secondary N) is 1. The van der Waals surface area contributed by atoms with E-state index in [4.69, 9.17) is 44.3 Å². The third-order valence-corrected chi connectivity index (χ3v) is 7.59. The van der Waals surface area contributed by atoms with E-state index in [1.165, 1.54) is 0 Å². The van der Waals surface area contributed by atoms with Gasteiger partial charge in [0, 0.05) is 30.3 Å². The molecule has 0 bridgehead atoms. The summed E-state index contributed by atoms with van der Waals surface area (Å²) in [7, 11) is 1.96. The van der Waals surface area contributed by atoms with Gasteiger partial charge in [-0.2, -0.15) is 0 Å². The lowest BCUT2D eigenvalue weighted by Gasteiger charge is -2.39. The van der Waals surface area contributed by atoms with Crippen molar-refractivity contribution in [3.63, 3.8) is 0 Å². The third-order valence-electron chi connectivity index (χ3n) is 7.07. The van der Waals surface area contributed by atoms with E-state index in [0.29, 0.717) is 24.2 Å². The predicted octanol–water partition coefficient (Wildman–Crippen LogP) is 6.09. The van der Waals surface area contributed by atoms with Gasteiger partial charge in [-0.25, -0.2) is 0 Å². The van der Waals surface area contributed by atoms with Crippen LogP contribution in [0.1, 0.15) is 54.1 Å². The highest BCUT2D eigenvalue weighted by molar-refractivity contribution is 6.76. The van der Waals surface area contributed by atoms with Crippen LogP contribution in [0.5, 0.6) is 0 Å². The highest BCUT2D eigenvalue weighted by Gasteiger charge is 2.35. The monoisotopic (exact) mass is 606 g/mol. The Morgan fingerprint density at radius 1 is 1.02 bits per heavy atom. The Bertz CT molecular complexity index is 1260. The molecular formula is C30H33Cl3N2O5.